The van der Waals surface area contributed by atoms with Gasteiger partial charge in [0.2, 0.25) is 11.8 Å². The lowest BCUT2D eigenvalue weighted by Gasteiger charge is -2.35. The van der Waals surface area contributed by atoms with Gasteiger partial charge in [-0.2, -0.15) is 0 Å². The van der Waals surface area contributed by atoms with Gasteiger partial charge >= 0.3 is 0 Å². The molecule has 42 heavy (non-hydrogen) atoms. The zero-order valence-corrected chi connectivity index (χ0v) is 27.1. The molecule has 8 nitrogen and oxygen atoms in total. The summed E-state index contributed by atoms with van der Waals surface area (Å²) in [6.45, 7) is 6.61. The maximum Gasteiger partial charge on any atom is 0.264 e. The van der Waals surface area contributed by atoms with Crippen molar-refractivity contribution in [1.82, 2.24) is 10.2 Å². The summed E-state index contributed by atoms with van der Waals surface area (Å²) < 4.78 is 34.1. The van der Waals surface area contributed by atoms with Crippen LogP contribution in [0.5, 0.6) is 5.75 Å². The number of carbonyl (C=O) groups is 2. The van der Waals surface area contributed by atoms with Crippen LogP contribution in [0.2, 0.25) is 15.1 Å². The van der Waals surface area contributed by atoms with Crippen molar-refractivity contribution in [1.29, 1.82) is 0 Å². The Balaban J connectivity index is 2.10. The molecule has 1 unspecified atom stereocenters. The van der Waals surface area contributed by atoms with E-state index in [-0.39, 0.29) is 34.5 Å². The van der Waals surface area contributed by atoms with Crippen LogP contribution in [0.15, 0.2) is 71.6 Å². The van der Waals surface area contributed by atoms with Crippen LogP contribution in [0.25, 0.3) is 0 Å². The maximum absolute atomic E-state index is 14.2. The van der Waals surface area contributed by atoms with Crippen molar-refractivity contribution >= 4 is 62.3 Å². The van der Waals surface area contributed by atoms with Gasteiger partial charge in [-0.05, 0) is 87.4 Å². The summed E-state index contributed by atoms with van der Waals surface area (Å²) in [7, 11) is -2.79. The number of amides is 2. The number of hydrogen-bond acceptors (Lipinski definition) is 5. The summed E-state index contributed by atoms with van der Waals surface area (Å²) in [6.07, 6.45) is 0.265. The number of anilines is 1. The number of methoxy groups -OCH3 is 1. The Labute approximate surface area is 262 Å². The Kier molecular flexibility index (Phi) is 11.2. The van der Waals surface area contributed by atoms with Gasteiger partial charge in [0.25, 0.3) is 10.0 Å². The van der Waals surface area contributed by atoms with Gasteiger partial charge in [-0.1, -0.05) is 53.9 Å². The molecule has 0 heterocycles. The minimum absolute atomic E-state index is 0.0547. The van der Waals surface area contributed by atoms with Gasteiger partial charge in [0, 0.05) is 27.2 Å². The molecule has 1 N–H and O–H groups in total. The van der Waals surface area contributed by atoms with E-state index in [0.717, 1.165) is 4.31 Å². The van der Waals surface area contributed by atoms with E-state index in [9.17, 15) is 18.0 Å². The molecule has 12 heteroatoms. The predicted octanol–water partition coefficient (Wildman–Crippen LogP) is 6.57. The summed E-state index contributed by atoms with van der Waals surface area (Å²) in [6, 6.07) is 15.9. The number of carbonyl (C=O) groups excluding carboxylic acids is 2. The normalized spacial score (nSPS) is 12.4. The molecule has 0 aromatic heterocycles. The lowest BCUT2D eigenvalue weighted by Crippen LogP contribution is -2.55. The minimum Gasteiger partial charge on any atom is -0.497 e. The topological polar surface area (TPSA) is 96.0 Å². The Hall–Kier alpha value is -2.98. The van der Waals surface area contributed by atoms with E-state index in [1.807, 2.05) is 20.8 Å². The van der Waals surface area contributed by atoms with Crippen LogP contribution in [0, 0.1) is 0 Å². The predicted molar refractivity (Wildman–Crippen MR) is 168 cm³/mol. The van der Waals surface area contributed by atoms with Crippen molar-refractivity contribution in [3.63, 3.8) is 0 Å². The Morgan fingerprint density at radius 2 is 1.60 bits per heavy atom. The summed E-state index contributed by atoms with van der Waals surface area (Å²) in [5.41, 5.74) is 0.161. The Morgan fingerprint density at radius 1 is 0.952 bits per heavy atom. The second-order valence-electron chi connectivity index (χ2n) is 10.6. The van der Waals surface area contributed by atoms with E-state index in [1.54, 1.807) is 43.3 Å². The van der Waals surface area contributed by atoms with Gasteiger partial charge in [0.15, 0.2) is 0 Å². The summed E-state index contributed by atoms with van der Waals surface area (Å²) >= 11 is 18.8. The quantitative estimate of drug-likeness (QED) is 0.252. The van der Waals surface area contributed by atoms with Crippen LogP contribution in [0.1, 0.15) is 39.7 Å². The van der Waals surface area contributed by atoms with Gasteiger partial charge in [0.05, 0.1) is 17.7 Å². The summed E-state index contributed by atoms with van der Waals surface area (Å²) in [5, 5.41) is 3.94. The molecule has 0 aliphatic rings. The number of halogens is 3. The largest absolute Gasteiger partial charge is 0.497 e. The number of sulfonamides is 1. The van der Waals surface area contributed by atoms with Gasteiger partial charge < -0.3 is 15.0 Å². The number of nitrogens with one attached hydrogen (secondary N) is 1. The van der Waals surface area contributed by atoms with Crippen molar-refractivity contribution in [2.24, 2.45) is 0 Å². The van der Waals surface area contributed by atoms with Gasteiger partial charge in [-0.3, -0.25) is 13.9 Å². The highest BCUT2D eigenvalue weighted by molar-refractivity contribution is 7.92. The number of rotatable bonds is 11. The molecule has 2 amide bonds. The highest BCUT2D eigenvalue weighted by atomic mass is 35.5. The van der Waals surface area contributed by atoms with Crippen molar-refractivity contribution in [3.05, 3.63) is 87.4 Å². The van der Waals surface area contributed by atoms with Gasteiger partial charge in [0.1, 0.15) is 18.3 Å². The fraction of sp³-hybridized carbons (Fsp3) is 0.333. The van der Waals surface area contributed by atoms with Gasteiger partial charge in [-0.15, -0.1) is 0 Å². The summed E-state index contributed by atoms with van der Waals surface area (Å²) in [5.74, 6) is -0.522. The van der Waals surface area contributed by atoms with E-state index in [1.165, 1.54) is 42.3 Å². The molecule has 3 rings (SSSR count). The zero-order chi connectivity index (χ0) is 31.2. The van der Waals surface area contributed by atoms with Crippen molar-refractivity contribution in [3.8, 4) is 5.75 Å². The van der Waals surface area contributed by atoms with E-state index in [0.29, 0.717) is 21.4 Å². The minimum atomic E-state index is -4.26. The molecule has 226 valence electrons. The molecule has 0 radical (unpaired) electrons. The number of ether oxygens (including phenoxy) is 1. The lowest BCUT2D eigenvalue weighted by molar-refractivity contribution is -0.141. The summed E-state index contributed by atoms with van der Waals surface area (Å²) in [4.78, 5) is 28.9. The van der Waals surface area contributed by atoms with Crippen molar-refractivity contribution < 1.29 is 22.7 Å². The zero-order valence-electron chi connectivity index (χ0n) is 24.0. The molecule has 0 aliphatic carbocycles. The number of hydrogen-bond donors (Lipinski definition) is 1. The van der Waals surface area contributed by atoms with Crippen LogP contribution in [-0.4, -0.2) is 50.4 Å². The molecule has 3 aromatic carbocycles. The third kappa shape index (κ3) is 8.53. The first kappa shape index (κ1) is 33.5. The molecular formula is C30H34Cl3N3O5S. The van der Waals surface area contributed by atoms with Crippen LogP contribution < -0.4 is 14.4 Å². The first-order chi connectivity index (χ1) is 19.7. The molecule has 0 aliphatic heterocycles. The highest BCUT2D eigenvalue weighted by Crippen LogP contribution is 2.29. The smallest absolute Gasteiger partial charge is 0.264 e. The third-order valence-electron chi connectivity index (χ3n) is 6.26. The van der Waals surface area contributed by atoms with Crippen LogP contribution in [0.4, 0.5) is 5.69 Å². The first-order valence-corrected chi connectivity index (χ1v) is 15.7. The Bertz CT molecular complexity index is 1530. The monoisotopic (exact) mass is 653 g/mol. The SMILES string of the molecule is CCC(C(=O)NC(C)(C)C)N(Cc1ccc(Cl)cc1Cl)C(=O)CN(c1cccc(Cl)c1)S(=O)(=O)c1ccc(OC)cc1. The number of benzene rings is 3. The molecule has 0 spiro atoms. The lowest BCUT2D eigenvalue weighted by atomic mass is 10.1. The molecule has 3 aromatic rings. The molecule has 0 fully saturated rings. The number of nitrogens with zero attached hydrogens (tertiary/aromatic N) is 2. The molecular weight excluding hydrogens is 621 g/mol. The maximum atomic E-state index is 14.2. The first-order valence-electron chi connectivity index (χ1n) is 13.1. The van der Waals surface area contributed by atoms with Crippen LogP contribution in [0.3, 0.4) is 0 Å². The fourth-order valence-electron chi connectivity index (χ4n) is 4.24. The molecule has 0 saturated carbocycles. The van der Waals surface area contributed by atoms with E-state index in [2.05, 4.69) is 5.32 Å². The average molecular weight is 655 g/mol. The molecule has 1 atom stereocenters. The van der Waals surface area contributed by atoms with E-state index >= 15 is 0 Å². The second-order valence-corrected chi connectivity index (χ2v) is 13.7. The molecule has 0 bridgehead atoms. The van der Waals surface area contributed by atoms with Crippen LogP contribution >= 0.6 is 34.8 Å². The van der Waals surface area contributed by atoms with Gasteiger partial charge in [-0.25, -0.2) is 8.42 Å². The van der Waals surface area contributed by atoms with E-state index in [4.69, 9.17) is 39.5 Å². The van der Waals surface area contributed by atoms with Crippen molar-refractivity contribution in [2.45, 2.75) is 57.1 Å². The Morgan fingerprint density at radius 3 is 2.14 bits per heavy atom. The van der Waals surface area contributed by atoms with E-state index < -0.39 is 34.1 Å². The average Bonchev–Trinajstić information content (AvgIpc) is 2.91. The van der Waals surface area contributed by atoms with Crippen LogP contribution in [-0.2, 0) is 26.2 Å². The standard InChI is InChI=1S/C30H34Cl3N3O5S/c1-6-27(29(38)34-30(2,3)4)35(18-20-10-11-22(32)17-26(20)33)28(37)19-36(23-9-7-8-21(31)16-23)42(39,40)25-14-12-24(41-5)13-15-25/h7-17,27H,6,18-19H2,1-5H3,(H,34,38). The fourth-order valence-corrected chi connectivity index (χ4v) is 6.30. The van der Waals surface area contributed by atoms with Crippen molar-refractivity contribution in [2.75, 3.05) is 18.0 Å². The second kappa shape index (κ2) is 14.0. The highest BCUT2D eigenvalue weighted by Gasteiger charge is 2.35. The molecule has 0 saturated heterocycles. The third-order valence-corrected chi connectivity index (χ3v) is 8.87.